The molecule has 4 heteroatoms. The largest absolute Gasteiger partial charge is 0.465 e. The summed E-state index contributed by atoms with van der Waals surface area (Å²) in [5, 5.41) is 9.32. The van der Waals surface area contributed by atoms with Crippen LogP contribution in [-0.2, 0) is 13.1 Å². The maximum Gasteiger partial charge on any atom is 0.407 e. The standard InChI is InChI=1S/C16H20N2O2/c19-16(20)18-13-5-6-14(18)8-15(7-13)17-9-11-3-1-2-4-12(11)10-17/h1-4,13-15H,5-10H2,(H,19,20)/t13-,14+,15+. The normalized spacial score (nSPS) is 32.4. The lowest BCUT2D eigenvalue weighted by atomic mass is 9.96. The van der Waals surface area contributed by atoms with E-state index >= 15 is 0 Å². The van der Waals surface area contributed by atoms with Crippen molar-refractivity contribution >= 4 is 6.09 Å². The first-order chi connectivity index (χ1) is 9.72. The Hall–Kier alpha value is -1.55. The fraction of sp³-hybridized carbons (Fsp3) is 0.562. The van der Waals surface area contributed by atoms with Crippen LogP contribution in [-0.4, -0.2) is 39.1 Å². The van der Waals surface area contributed by atoms with E-state index in [9.17, 15) is 9.90 Å². The highest BCUT2D eigenvalue weighted by Crippen LogP contribution is 2.39. The van der Waals surface area contributed by atoms with Gasteiger partial charge < -0.3 is 10.0 Å². The molecular weight excluding hydrogens is 252 g/mol. The summed E-state index contributed by atoms with van der Waals surface area (Å²) in [6.07, 6.45) is 3.40. The van der Waals surface area contributed by atoms with E-state index in [0.717, 1.165) is 38.8 Å². The van der Waals surface area contributed by atoms with Crippen molar-refractivity contribution in [3.63, 3.8) is 0 Å². The van der Waals surface area contributed by atoms with Crippen LogP contribution < -0.4 is 0 Å². The molecule has 0 aromatic heterocycles. The van der Waals surface area contributed by atoms with Crippen LogP contribution in [0.2, 0.25) is 0 Å². The molecule has 1 N–H and O–H groups in total. The third kappa shape index (κ3) is 1.82. The van der Waals surface area contributed by atoms with Crippen LogP contribution >= 0.6 is 0 Å². The Morgan fingerprint density at radius 3 is 2.05 bits per heavy atom. The van der Waals surface area contributed by atoms with E-state index in [2.05, 4.69) is 29.2 Å². The van der Waals surface area contributed by atoms with Gasteiger partial charge in [0.15, 0.2) is 0 Å². The molecule has 2 bridgehead atoms. The van der Waals surface area contributed by atoms with Crippen molar-refractivity contribution in [2.75, 3.05) is 0 Å². The van der Waals surface area contributed by atoms with Crippen LogP contribution in [0.25, 0.3) is 0 Å². The Balaban J connectivity index is 1.49. The number of piperidine rings is 1. The fourth-order valence-electron chi connectivity index (χ4n) is 4.38. The summed E-state index contributed by atoms with van der Waals surface area (Å²) in [7, 11) is 0. The number of carbonyl (C=O) groups is 1. The van der Waals surface area contributed by atoms with Crippen LogP contribution in [0.15, 0.2) is 24.3 Å². The molecule has 1 aromatic carbocycles. The molecule has 2 saturated heterocycles. The van der Waals surface area contributed by atoms with Crippen LogP contribution in [0, 0.1) is 0 Å². The van der Waals surface area contributed by atoms with Crippen LogP contribution in [0.4, 0.5) is 4.79 Å². The van der Waals surface area contributed by atoms with E-state index in [4.69, 9.17) is 0 Å². The summed E-state index contributed by atoms with van der Waals surface area (Å²) in [5.74, 6) is 0. The fourth-order valence-corrected chi connectivity index (χ4v) is 4.38. The van der Waals surface area contributed by atoms with Crippen molar-refractivity contribution in [3.8, 4) is 0 Å². The lowest BCUT2D eigenvalue weighted by Crippen LogP contribution is -2.51. The Kier molecular flexibility index (Phi) is 2.74. The summed E-state index contributed by atoms with van der Waals surface area (Å²) in [5.41, 5.74) is 2.89. The molecule has 0 unspecified atom stereocenters. The highest BCUT2D eigenvalue weighted by molar-refractivity contribution is 5.66. The topological polar surface area (TPSA) is 43.8 Å². The molecule has 3 atom stereocenters. The number of nitrogens with zero attached hydrogens (tertiary/aromatic N) is 2. The number of hydrogen-bond acceptors (Lipinski definition) is 2. The van der Waals surface area contributed by atoms with Gasteiger partial charge in [-0.2, -0.15) is 0 Å². The second kappa shape index (κ2) is 4.48. The SMILES string of the molecule is O=C(O)N1[C@@H]2CC[C@H]1C[C@@H](N1Cc3ccccc3C1)C2. The number of fused-ring (bicyclic) bond motifs is 3. The van der Waals surface area contributed by atoms with E-state index in [1.165, 1.54) is 11.1 Å². The predicted octanol–water partition coefficient (Wildman–Crippen LogP) is 2.68. The molecule has 3 heterocycles. The third-order valence-electron chi connectivity index (χ3n) is 5.31. The van der Waals surface area contributed by atoms with Crippen molar-refractivity contribution in [1.29, 1.82) is 0 Å². The van der Waals surface area contributed by atoms with Gasteiger partial charge in [0, 0.05) is 31.2 Å². The van der Waals surface area contributed by atoms with Gasteiger partial charge in [-0.1, -0.05) is 24.3 Å². The minimum absolute atomic E-state index is 0.250. The molecule has 0 radical (unpaired) electrons. The van der Waals surface area contributed by atoms with E-state index in [0.29, 0.717) is 6.04 Å². The third-order valence-corrected chi connectivity index (χ3v) is 5.31. The maximum atomic E-state index is 11.3. The molecule has 0 saturated carbocycles. The number of rotatable bonds is 1. The van der Waals surface area contributed by atoms with Gasteiger partial charge in [0.1, 0.15) is 0 Å². The second-order valence-corrected chi connectivity index (χ2v) is 6.37. The molecule has 2 fully saturated rings. The van der Waals surface area contributed by atoms with E-state index < -0.39 is 6.09 Å². The summed E-state index contributed by atoms with van der Waals surface area (Å²) in [4.78, 5) is 15.6. The van der Waals surface area contributed by atoms with Crippen LogP contribution in [0.1, 0.15) is 36.8 Å². The van der Waals surface area contributed by atoms with Crippen molar-refractivity contribution in [1.82, 2.24) is 9.80 Å². The molecule has 0 spiro atoms. The van der Waals surface area contributed by atoms with Crippen LogP contribution in [0.3, 0.4) is 0 Å². The minimum atomic E-state index is -0.722. The zero-order valence-electron chi connectivity index (χ0n) is 11.5. The van der Waals surface area contributed by atoms with Gasteiger partial charge in [0.2, 0.25) is 0 Å². The van der Waals surface area contributed by atoms with E-state index in [1.54, 1.807) is 4.90 Å². The van der Waals surface area contributed by atoms with Gasteiger partial charge >= 0.3 is 6.09 Å². The molecule has 3 aliphatic rings. The van der Waals surface area contributed by atoms with Crippen molar-refractivity contribution in [2.24, 2.45) is 0 Å². The van der Waals surface area contributed by atoms with Crippen molar-refractivity contribution in [3.05, 3.63) is 35.4 Å². The van der Waals surface area contributed by atoms with Gasteiger partial charge in [-0.25, -0.2) is 4.79 Å². The summed E-state index contributed by atoms with van der Waals surface area (Å²) < 4.78 is 0. The van der Waals surface area contributed by atoms with Gasteiger partial charge in [-0.3, -0.25) is 4.90 Å². The molecule has 4 rings (SSSR count). The Morgan fingerprint density at radius 1 is 1.00 bits per heavy atom. The average molecular weight is 272 g/mol. The summed E-state index contributed by atoms with van der Waals surface area (Å²) in [6, 6.07) is 9.71. The lowest BCUT2D eigenvalue weighted by Gasteiger charge is -2.40. The van der Waals surface area contributed by atoms with Crippen LogP contribution in [0.5, 0.6) is 0 Å². The van der Waals surface area contributed by atoms with Gasteiger partial charge in [0.25, 0.3) is 0 Å². The molecule has 3 aliphatic heterocycles. The Labute approximate surface area is 119 Å². The highest BCUT2D eigenvalue weighted by Gasteiger charge is 2.45. The number of benzene rings is 1. The molecule has 20 heavy (non-hydrogen) atoms. The molecule has 4 nitrogen and oxygen atoms in total. The van der Waals surface area contributed by atoms with Crippen molar-refractivity contribution < 1.29 is 9.90 Å². The predicted molar refractivity (Wildman–Crippen MR) is 75.4 cm³/mol. The second-order valence-electron chi connectivity index (χ2n) is 6.37. The van der Waals surface area contributed by atoms with Gasteiger partial charge in [-0.15, -0.1) is 0 Å². The zero-order chi connectivity index (χ0) is 13.7. The smallest absolute Gasteiger partial charge is 0.407 e. The quantitative estimate of drug-likeness (QED) is 0.854. The van der Waals surface area contributed by atoms with E-state index in [-0.39, 0.29) is 12.1 Å². The average Bonchev–Trinajstić information content (AvgIpc) is 2.98. The first-order valence-electron chi connectivity index (χ1n) is 7.54. The highest BCUT2D eigenvalue weighted by atomic mass is 16.4. The zero-order valence-corrected chi connectivity index (χ0v) is 11.5. The molecule has 1 amide bonds. The molecule has 0 aliphatic carbocycles. The lowest BCUT2D eigenvalue weighted by molar-refractivity contribution is 0.0552. The molecule has 106 valence electrons. The van der Waals surface area contributed by atoms with Gasteiger partial charge in [-0.05, 0) is 36.8 Å². The monoisotopic (exact) mass is 272 g/mol. The number of amides is 1. The summed E-state index contributed by atoms with van der Waals surface area (Å²) in [6.45, 7) is 2.07. The first-order valence-corrected chi connectivity index (χ1v) is 7.54. The van der Waals surface area contributed by atoms with Gasteiger partial charge in [0.05, 0.1) is 0 Å². The van der Waals surface area contributed by atoms with E-state index in [1.807, 2.05) is 0 Å². The summed E-state index contributed by atoms with van der Waals surface area (Å²) >= 11 is 0. The van der Waals surface area contributed by atoms with Crippen molar-refractivity contribution in [2.45, 2.75) is 56.9 Å². The first kappa shape index (κ1) is 12.2. The molecule has 1 aromatic rings. The number of carboxylic acid groups (broad SMARTS) is 1. The minimum Gasteiger partial charge on any atom is -0.465 e. The Bertz CT molecular complexity index is 506. The molecular formula is C16H20N2O2. The number of hydrogen-bond donors (Lipinski definition) is 1. The maximum absolute atomic E-state index is 11.3. The Morgan fingerprint density at radius 2 is 1.55 bits per heavy atom.